The van der Waals surface area contributed by atoms with E-state index in [-0.39, 0.29) is 6.09 Å². The molecule has 0 aliphatic carbocycles. The number of aromatic nitrogens is 1. The minimum absolute atomic E-state index is 0.327. The molecule has 2 aliphatic heterocycles. The van der Waals surface area contributed by atoms with Crippen LogP contribution in [0.1, 0.15) is 37.6 Å². The summed E-state index contributed by atoms with van der Waals surface area (Å²) < 4.78 is 11.2. The molecule has 2 aliphatic rings. The lowest BCUT2D eigenvalue weighted by Crippen LogP contribution is -2.61. The number of nitrogens with zero attached hydrogens (tertiary/aromatic N) is 3. The predicted molar refractivity (Wildman–Crippen MR) is 77.9 cm³/mol. The Bertz CT molecular complexity index is 630. The Balaban J connectivity index is 1.72. The molecule has 3 rings (SSSR count). The van der Waals surface area contributed by atoms with Crippen molar-refractivity contribution in [3.63, 3.8) is 0 Å². The maximum absolute atomic E-state index is 12.0. The highest BCUT2D eigenvalue weighted by Crippen LogP contribution is 2.43. The number of carbonyl (C=O) groups is 1. The van der Waals surface area contributed by atoms with Gasteiger partial charge in [0, 0.05) is 11.8 Å². The van der Waals surface area contributed by atoms with Crippen molar-refractivity contribution in [1.82, 2.24) is 9.88 Å². The molecule has 1 N–H and O–H groups in total. The Morgan fingerprint density at radius 2 is 2.27 bits per heavy atom. The number of hydrogen-bond donors (Lipinski definition) is 1. The Kier molecular flexibility index (Phi) is 3.32. The molecule has 0 saturated carbocycles. The van der Waals surface area contributed by atoms with E-state index in [0.29, 0.717) is 25.4 Å². The van der Waals surface area contributed by atoms with E-state index in [4.69, 9.17) is 14.7 Å². The lowest BCUT2D eigenvalue weighted by Gasteiger charge is -2.47. The molecule has 0 bridgehead atoms. The second-order valence-corrected chi connectivity index (χ2v) is 6.63. The Morgan fingerprint density at radius 1 is 1.55 bits per heavy atom. The van der Waals surface area contributed by atoms with Crippen LogP contribution >= 0.6 is 0 Å². The van der Waals surface area contributed by atoms with Gasteiger partial charge in [-0.05, 0) is 32.4 Å². The van der Waals surface area contributed by atoms with E-state index in [1.807, 2.05) is 26.8 Å². The quantitative estimate of drug-likeness (QED) is 0.486. The van der Waals surface area contributed by atoms with Crippen LogP contribution in [0.25, 0.3) is 0 Å². The van der Waals surface area contributed by atoms with Gasteiger partial charge in [0.25, 0.3) is 0 Å². The van der Waals surface area contributed by atoms with Gasteiger partial charge in [0.2, 0.25) is 0 Å². The number of ether oxygens (including phenoxy) is 2. The fourth-order valence-electron chi connectivity index (χ4n) is 2.76. The van der Waals surface area contributed by atoms with Gasteiger partial charge >= 0.3 is 6.09 Å². The molecule has 3 heterocycles. The van der Waals surface area contributed by atoms with E-state index in [1.54, 1.807) is 11.1 Å². The van der Waals surface area contributed by atoms with Crippen molar-refractivity contribution in [2.24, 2.45) is 5.16 Å². The molecule has 1 saturated heterocycles. The number of hydrogen-bond acceptors (Lipinski definition) is 6. The molecule has 7 heteroatoms. The van der Waals surface area contributed by atoms with Crippen LogP contribution in [0.3, 0.4) is 0 Å². The number of oxime groups is 1. The van der Waals surface area contributed by atoms with Crippen LogP contribution < -0.4 is 0 Å². The van der Waals surface area contributed by atoms with Crippen molar-refractivity contribution < 1.29 is 19.5 Å². The van der Waals surface area contributed by atoms with Crippen molar-refractivity contribution in [1.29, 1.82) is 0 Å². The topological polar surface area (TPSA) is 84.2 Å². The zero-order chi connectivity index (χ0) is 16.0. The molecule has 0 unspecified atom stereocenters. The average molecular weight is 305 g/mol. The molecule has 1 fully saturated rings. The molecule has 0 atom stereocenters. The van der Waals surface area contributed by atoms with Gasteiger partial charge in [-0.3, -0.25) is 4.98 Å². The summed E-state index contributed by atoms with van der Waals surface area (Å²) in [5, 5.41) is 11.5. The van der Waals surface area contributed by atoms with Crippen molar-refractivity contribution in [3.05, 3.63) is 29.1 Å². The summed E-state index contributed by atoms with van der Waals surface area (Å²) in [5.41, 5.74) is 1.59. The molecule has 0 aromatic carbocycles. The van der Waals surface area contributed by atoms with E-state index >= 15 is 0 Å². The monoisotopic (exact) mass is 305 g/mol. The van der Waals surface area contributed by atoms with E-state index in [1.165, 1.54) is 6.21 Å². The standard InChI is InChI=1S/C15H19N3O4/c1-14(2,3)22-13(19)18-8-15(9-18)12-6-16-11(5-17-20)4-10(12)7-21-15/h4-6,20H,7-9H2,1-3H3. The number of likely N-dealkylation sites (tertiary alicyclic amines) is 1. The number of carbonyl (C=O) groups excluding carboxylic acids is 1. The molecule has 7 nitrogen and oxygen atoms in total. The average Bonchev–Trinajstić information content (AvgIpc) is 2.74. The summed E-state index contributed by atoms with van der Waals surface area (Å²) >= 11 is 0. The number of rotatable bonds is 1. The fraction of sp³-hybridized carbons (Fsp3) is 0.533. The Hall–Kier alpha value is -2.15. The third kappa shape index (κ3) is 2.52. The van der Waals surface area contributed by atoms with Gasteiger partial charge in [-0.15, -0.1) is 0 Å². The van der Waals surface area contributed by atoms with E-state index in [2.05, 4.69) is 10.1 Å². The van der Waals surface area contributed by atoms with Gasteiger partial charge in [-0.25, -0.2) is 4.79 Å². The lowest BCUT2D eigenvalue weighted by atomic mass is 9.86. The van der Waals surface area contributed by atoms with Gasteiger partial charge in [-0.2, -0.15) is 0 Å². The minimum atomic E-state index is -0.506. The van der Waals surface area contributed by atoms with Crippen LogP contribution in [-0.2, 0) is 21.7 Å². The first-order valence-corrected chi connectivity index (χ1v) is 7.12. The van der Waals surface area contributed by atoms with Crippen LogP contribution in [0, 0.1) is 0 Å². The molecule has 1 aromatic rings. The van der Waals surface area contributed by atoms with Crippen molar-refractivity contribution in [2.75, 3.05) is 13.1 Å². The third-order valence-corrected chi connectivity index (χ3v) is 3.74. The molecule has 118 valence electrons. The van der Waals surface area contributed by atoms with E-state index < -0.39 is 11.2 Å². The second kappa shape index (κ2) is 4.95. The molecular weight excluding hydrogens is 286 g/mol. The number of fused-ring (bicyclic) bond motifs is 2. The summed E-state index contributed by atoms with van der Waals surface area (Å²) in [7, 11) is 0. The SMILES string of the molecule is CC(C)(C)OC(=O)N1CC2(C1)OCc1cc(C=NO)ncc12. The Labute approximate surface area is 128 Å². The Morgan fingerprint density at radius 3 is 2.91 bits per heavy atom. The number of amides is 1. The second-order valence-electron chi connectivity index (χ2n) is 6.63. The van der Waals surface area contributed by atoms with Crippen LogP contribution in [0.4, 0.5) is 4.79 Å². The van der Waals surface area contributed by atoms with Gasteiger partial charge in [-0.1, -0.05) is 5.16 Å². The molecule has 1 amide bonds. The maximum Gasteiger partial charge on any atom is 0.410 e. The van der Waals surface area contributed by atoms with E-state index in [9.17, 15) is 4.79 Å². The van der Waals surface area contributed by atoms with Crippen LogP contribution in [0.2, 0.25) is 0 Å². The number of pyridine rings is 1. The smallest absolute Gasteiger partial charge is 0.410 e. The molecular formula is C15H19N3O4. The largest absolute Gasteiger partial charge is 0.444 e. The van der Waals surface area contributed by atoms with Gasteiger partial charge in [0.15, 0.2) is 0 Å². The summed E-state index contributed by atoms with van der Waals surface area (Å²) in [6.07, 6.45) is 2.68. The molecule has 0 radical (unpaired) electrons. The van der Waals surface area contributed by atoms with Crippen molar-refractivity contribution in [3.8, 4) is 0 Å². The summed E-state index contributed by atoms with van der Waals surface area (Å²) in [6, 6.07) is 1.83. The molecule has 1 aromatic heterocycles. The molecule has 1 spiro atoms. The van der Waals surface area contributed by atoms with E-state index in [0.717, 1.165) is 11.1 Å². The summed E-state index contributed by atoms with van der Waals surface area (Å²) in [6.45, 7) is 6.92. The van der Waals surface area contributed by atoms with Gasteiger partial charge in [0.05, 0.1) is 31.6 Å². The van der Waals surface area contributed by atoms with Crippen molar-refractivity contribution in [2.45, 2.75) is 38.6 Å². The van der Waals surface area contributed by atoms with Gasteiger partial charge < -0.3 is 19.6 Å². The lowest BCUT2D eigenvalue weighted by molar-refractivity contribution is -0.137. The maximum atomic E-state index is 12.0. The zero-order valence-corrected chi connectivity index (χ0v) is 12.9. The highest BCUT2D eigenvalue weighted by Gasteiger charge is 2.52. The van der Waals surface area contributed by atoms with Gasteiger partial charge in [0.1, 0.15) is 11.2 Å². The normalized spacial score (nSPS) is 19.3. The minimum Gasteiger partial charge on any atom is -0.444 e. The van der Waals surface area contributed by atoms with Crippen molar-refractivity contribution >= 4 is 12.3 Å². The predicted octanol–water partition coefficient (Wildman–Crippen LogP) is 1.87. The van der Waals surface area contributed by atoms with Crippen LogP contribution in [-0.4, -0.2) is 46.1 Å². The highest BCUT2D eigenvalue weighted by molar-refractivity contribution is 5.77. The first-order valence-electron chi connectivity index (χ1n) is 7.12. The molecule has 22 heavy (non-hydrogen) atoms. The highest BCUT2D eigenvalue weighted by atomic mass is 16.6. The fourth-order valence-corrected chi connectivity index (χ4v) is 2.76. The summed E-state index contributed by atoms with van der Waals surface area (Å²) in [5.74, 6) is 0. The van der Waals surface area contributed by atoms with Crippen LogP contribution in [0.15, 0.2) is 17.4 Å². The third-order valence-electron chi connectivity index (χ3n) is 3.74. The first-order chi connectivity index (χ1) is 10.3. The van der Waals surface area contributed by atoms with Crippen LogP contribution in [0.5, 0.6) is 0 Å². The zero-order valence-electron chi connectivity index (χ0n) is 12.9. The summed E-state index contributed by atoms with van der Waals surface area (Å²) in [4.78, 5) is 17.9. The first kappa shape index (κ1) is 14.8.